The van der Waals surface area contributed by atoms with Crippen LogP contribution in [0.4, 0.5) is 0 Å². The van der Waals surface area contributed by atoms with E-state index >= 15 is 0 Å². The van der Waals surface area contributed by atoms with E-state index < -0.39 is 0 Å². The molecule has 0 saturated heterocycles. The van der Waals surface area contributed by atoms with Crippen LogP contribution in [-0.2, 0) is 0 Å². The average Bonchev–Trinajstić information content (AvgIpc) is 2.06. The summed E-state index contributed by atoms with van der Waals surface area (Å²) in [5, 5.41) is 0. The number of rotatable bonds is 3. The van der Waals surface area contributed by atoms with E-state index in [9.17, 15) is 0 Å². The number of aromatic nitrogens is 1. The van der Waals surface area contributed by atoms with Crippen molar-refractivity contribution in [1.82, 2.24) is 0 Å². The zero-order valence-corrected chi connectivity index (χ0v) is 7.00. The molecule has 0 bridgehead atoms. The number of nitrogens with one attached hydrogen (secondary N) is 1. The molecule has 11 heavy (non-hydrogen) atoms. The van der Waals surface area contributed by atoms with E-state index in [1.807, 2.05) is 24.5 Å². The number of ether oxygens (including phenoxy) is 1. The summed E-state index contributed by atoms with van der Waals surface area (Å²) in [5.74, 6) is 0.904. The predicted molar refractivity (Wildman–Crippen MR) is 43.4 cm³/mol. The second kappa shape index (κ2) is 3.96. The quantitative estimate of drug-likeness (QED) is 0.646. The fourth-order valence-electron chi connectivity index (χ4n) is 0.766. The van der Waals surface area contributed by atoms with E-state index in [-0.39, 0.29) is 0 Å². The van der Waals surface area contributed by atoms with Gasteiger partial charge in [-0.05, 0) is 19.4 Å². The first kappa shape index (κ1) is 8.05. The zero-order chi connectivity index (χ0) is 8.10. The molecule has 0 spiro atoms. The maximum Gasteiger partial charge on any atom is 0.209 e. The van der Waals surface area contributed by atoms with Crippen molar-refractivity contribution >= 4 is 0 Å². The topological polar surface area (TPSA) is 23.4 Å². The Morgan fingerprint density at radius 1 is 1.64 bits per heavy atom. The third-order valence-electron chi connectivity index (χ3n) is 1.59. The van der Waals surface area contributed by atoms with Gasteiger partial charge >= 0.3 is 0 Å². The lowest BCUT2D eigenvalue weighted by Crippen LogP contribution is -2.11. The fraction of sp³-hybridized carbons (Fsp3) is 0.444. The number of hydrogen-bond acceptors (Lipinski definition) is 1. The van der Waals surface area contributed by atoms with E-state index in [0.717, 1.165) is 12.2 Å². The highest BCUT2D eigenvalue weighted by molar-refractivity contribution is 5.12. The Hall–Kier alpha value is -1.05. The SMILES string of the molecule is CCC(C)Oc1ccc[nH+]c1. The van der Waals surface area contributed by atoms with Crippen LogP contribution in [0.5, 0.6) is 5.75 Å². The van der Waals surface area contributed by atoms with E-state index in [0.29, 0.717) is 6.10 Å². The van der Waals surface area contributed by atoms with Gasteiger partial charge in [0.25, 0.3) is 0 Å². The highest BCUT2D eigenvalue weighted by atomic mass is 16.5. The molecule has 1 atom stereocenters. The van der Waals surface area contributed by atoms with Crippen molar-refractivity contribution in [2.45, 2.75) is 26.4 Å². The molecule has 1 unspecified atom stereocenters. The van der Waals surface area contributed by atoms with Crippen molar-refractivity contribution in [2.24, 2.45) is 0 Å². The molecule has 1 aromatic rings. The summed E-state index contributed by atoms with van der Waals surface area (Å²) >= 11 is 0. The molecule has 60 valence electrons. The number of H-pyrrole nitrogens is 1. The predicted octanol–water partition coefficient (Wildman–Crippen LogP) is 1.68. The minimum atomic E-state index is 0.297. The van der Waals surface area contributed by atoms with E-state index in [4.69, 9.17) is 4.74 Å². The van der Waals surface area contributed by atoms with Crippen LogP contribution in [0.25, 0.3) is 0 Å². The smallest absolute Gasteiger partial charge is 0.209 e. The van der Waals surface area contributed by atoms with Crippen LogP contribution >= 0.6 is 0 Å². The molecule has 2 heteroatoms. The Morgan fingerprint density at radius 3 is 3.00 bits per heavy atom. The van der Waals surface area contributed by atoms with E-state index in [1.165, 1.54) is 0 Å². The Balaban J connectivity index is 2.51. The van der Waals surface area contributed by atoms with Gasteiger partial charge in [-0.2, -0.15) is 0 Å². The standard InChI is InChI=1S/C9H13NO/c1-3-8(2)11-9-5-4-6-10-7-9/h4-8H,3H2,1-2H3/p+1. The van der Waals surface area contributed by atoms with Crippen LogP contribution in [0.2, 0.25) is 0 Å². The highest BCUT2D eigenvalue weighted by Crippen LogP contribution is 2.08. The fourth-order valence-corrected chi connectivity index (χ4v) is 0.766. The molecule has 2 nitrogen and oxygen atoms in total. The van der Waals surface area contributed by atoms with Gasteiger partial charge in [0.15, 0.2) is 11.9 Å². The van der Waals surface area contributed by atoms with Crippen molar-refractivity contribution in [3.05, 3.63) is 24.5 Å². The van der Waals surface area contributed by atoms with Crippen LogP contribution in [-0.4, -0.2) is 6.10 Å². The first-order valence-electron chi connectivity index (χ1n) is 3.95. The Kier molecular flexibility index (Phi) is 2.90. The molecule has 0 aliphatic heterocycles. The number of hydrogen-bond donors (Lipinski definition) is 0. The summed E-state index contributed by atoms with van der Waals surface area (Å²) in [4.78, 5) is 2.97. The maximum atomic E-state index is 5.53. The van der Waals surface area contributed by atoms with Crippen molar-refractivity contribution in [2.75, 3.05) is 0 Å². The van der Waals surface area contributed by atoms with Gasteiger partial charge < -0.3 is 4.74 Å². The van der Waals surface area contributed by atoms with Gasteiger partial charge in [0.2, 0.25) is 6.20 Å². The molecule has 1 rings (SSSR count). The molecule has 0 aliphatic carbocycles. The highest BCUT2D eigenvalue weighted by Gasteiger charge is 2.00. The Morgan fingerprint density at radius 2 is 2.45 bits per heavy atom. The number of pyridine rings is 1. The Bertz CT molecular complexity index is 198. The molecule has 0 amide bonds. The molecule has 0 saturated carbocycles. The third-order valence-corrected chi connectivity index (χ3v) is 1.59. The normalized spacial score (nSPS) is 12.5. The summed E-state index contributed by atoms with van der Waals surface area (Å²) in [6.45, 7) is 4.17. The van der Waals surface area contributed by atoms with Gasteiger partial charge in [0, 0.05) is 6.07 Å². The van der Waals surface area contributed by atoms with Crippen molar-refractivity contribution in [1.29, 1.82) is 0 Å². The first-order chi connectivity index (χ1) is 5.33. The molecule has 0 aromatic carbocycles. The molecule has 1 heterocycles. The van der Waals surface area contributed by atoms with Gasteiger partial charge in [-0.3, -0.25) is 0 Å². The van der Waals surface area contributed by atoms with Crippen molar-refractivity contribution in [3.63, 3.8) is 0 Å². The Labute approximate surface area is 67.2 Å². The molecule has 0 aliphatic rings. The summed E-state index contributed by atoms with van der Waals surface area (Å²) in [7, 11) is 0. The largest absolute Gasteiger partial charge is 0.485 e. The second-order valence-corrected chi connectivity index (χ2v) is 2.58. The van der Waals surface area contributed by atoms with Crippen LogP contribution in [0, 0.1) is 0 Å². The lowest BCUT2D eigenvalue weighted by molar-refractivity contribution is -0.379. The summed E-state index contributed by atoms with van der Waals surface area (Å²) in [6, 6.07) is 3.88. The molecule has 0 fully saturated rings. The molecule has 1 N–H and O–H groups in total. The molecular weight excluding hydrogens is 138 g/mol. The summed E-state index contributed by atoms with van der Waals surface area (Å²) in [6.07, 6.45) is 5.05. The van der Waals surface area contributed by atoms with Gasteiger partial charge in [-0.15, -0.1) is 0 Å². The van der Waals surface area contributed by atoms with Crippen LogP contribution in [0.1, 0.15) is 20.3 Å². The van der Waals surface area contributed by atoms with Gasteiger partial charge in [0.05, 0.1) is 6.10 Å². The molecular formula is C9H14NO+. The van der Waals surface area contributed by atoms with E-state index in [1.54, 1.807) is 0 Å². The van der Waals surface area contributed by atoms with Crippen LogP contribution in [0.15, 0.2) is 24.5 Å². The average molecular weight is 152 g/mol. The van der Waals surface area contributed by atoms with Crippen molar-refractivity contribution < 1.29 is 9.72 Å². The molecule has 0 radical (unpaired) electrons. The second-order valence-electron chi connectivity index (χ2n) is 2.58. The summed E-state index contributed by atoms with van der Waals surface area (Å²) in [5.41, 5.74) is 0. The third kappa shape index (κ3) is 2.58. The zero-order valence-electron chi connectivity index (χ0n) is 7.00. The van der Waals surface area contributed by atoms with Gasteiger partial charge in [-0.1, -0.05) is 6.92 Å². The van der Waals surface area contributed by atoms with Crippen LogP contribution < -0.4 is 9.72 Å². The van der Waals surface area contributed by atoms with Gasteiger partial charge in [-0.25, -0.2) is 4.98 Å². The lowest BCUT2D eigenvalue weighted by Gasteiger charge is -2.09. The minimum Gasteiger partial charge on any atom is -0.485 e. The van der Waals surface area contributed by atoms with Crippen molar-refractivity contribution in [3.8, 4) is 5.75 Å². The molecule has 1 aromatic heterocycles. The van der Waals surface area contributed by atoms with Crippen LogP contribution in [0.3, 0.4) is 0 Å². The lowest BCUT2D eigenvalue weighted by atomic mass is 10.3. The summed E-state index contributed by atoms with van der Waals surface area (Å²) < 4.78 is 5.53. The number of aromatic amines is 1. The van der Waals surface area contributed by atoms with Gasteiger partial charge in [0.1, 0.15) is 0 Å². The minimum absolute atomic E-state index is 0.297. The maximum absolute atomic E-state index is 5.53. The monoisotopic (exact) mass is 152 g/mol. The first-order valence-corrected chi connectivity index (χ1v) is 3.95. The van der Waals surface area contributed by atoms with E-state index in [2.05, 4.69) is 18.8 Å².